The lowest BCUT2D eigenvalue weighted by molar-refractivity contribution is -0.385. The van der Waals surface area contributed by atoms with E-state index < -0.39 is 20.7 Å². The van der Waals surface area contributed by atoms with Crippen LogP contribution < -0.4 is 4.72 Å². The molecule has 0 saturated heterocycles. The van der Waals surface area contributed by atoms with Gasteiger partial charge in [0.1, 0.15) is 5.75 Å². The molecule has 2 aromatic carbocycles. The van der Waals surface area contributed by atoms with Crippen LogP contribution in [0.3, 0.4) is 0 Å². The Hall–Kier alpha value is -1.93. The summed E-state index contributed by atoms with van der Waals surface area (Å²) in [5.41, 5.74) is 0.313. The van der Waals surface area contributed by atoms with Gasteiger partial charge in [0, 0.05) is 16.1 Å². The summed E-state index contributed by atoms with van der Waals surface area (Å²) in [5, 5.41) is 10.9. The number of benzene rings is 2. The molecule has 0 aliphatic heterocycles. The molecule has 110 valence electrons. The van der Waals surface area contributed by atoms with Crippen LogP contribution in [0.5, 0.6) is 0 Å². The first-order valence-corrected chi connectivity index (χ1v) is 8.31. The number of para-hydroxylation sites is 2. The normalized spacial score (nSPS) is 11.1. The third kappa shape index (κ3) is 4.02. The number of nitrogens with one attached hydrogen (secondary N) is 1. The zero-order valence-electron chi connectivity index (χ0n) is 10.7. The Morgan fingerprint density at radius 1 is 1.10 bits per heavy atom. The molecule has 0 atom stereocenters. The van der Waals surface area contributed by atoms with Crippen LogP contribution >= 0.6 is 15.9 Å². The molecule has 6 nitrogen and oxygen atoms in total. The largest absolute Gasteiger partial charge is 0.282 e. The number of hydrogen-bond acceptors (Lipinski definition) is 4. The minimum absolute atomic E-state index is 0.141. The fourth-order valence-corrected chi connectivity index (χ4v) is 3.52. The third-order valence-corrected chi connectivity index (χ3v) is 4.59. The van der Waals surface area contributed by atoms with Crippen LogP contribution in [0, 0.1) is 10.1 Å². The van der Waals surface area contributed by atoms with Crippen molar-refractivity contribution in [3.63, 3.8) is 0 Å². The third-order valence-electron chi connectivity index (χ3n) is 2.67. The first-order chi connectivity index (χ1) is 9.89. The van der Waals surface area contributed by atoms with Crippen molar-refractivity contribution in [3.8, 4) is 0 Å². The minimum Gasteiger partial charge on any atom is -0.282 e. The van der Waals surface area contributed by atoms with Gasteiger partial charge in [-0.15, -0.1) is 0 Å². The average Bonchev–Trinajstić information content (AvgIpc) is 2.41. The molecule has 0 bridgehead atoms. The van der Waals surface area contributed by atoms with Gasteiger partial charge in [0.25, 0.3) is 5.69 Å². The van der Waals surface area contributed by atoms with Crippen molar-refractivity contribution in [2.24, 2.45) is 0 Å². The van der Waals surface area contributed by atoms with Gasteiger partial charge in [0.05, 0.1) is 10.6 Å². The predicted molar refractivity (Wildman–Crippen MR) is 83.5 cm³/mol. The van der Waals surface area contributed by atoms with Crippen LogP contribution in [0.4, 0.5) is 11.4 Å². The van der Waals surface area contributed by atoms with E-state index in [2.05, 4.69) is 20.7 Å². The Labute approximate surface area is 130 Å². The molecule has 8 heteroatoms. The van der Waals surface area contributed by atoms with Gasteiger partial charge >= 0.3 is 0 Å². The Kier molecular flexibility index (Phi) is 4.59. The summed E-state index contributed by atoms with van der Waals surface area (Å²) in [4.78, 5) is 10.3. The number of sulfonamides is 1. The Balaban J connectivity index is 2.27. The molecular weight excluding hydrogens is 360 g/mol. The molecule has 21 heavy (non-hydrogen) atoms. The second kappa shape index (κ2) is 6.23. The number of rotatable bonds is 5. The van der Waals surface area contributed by atoms with Gasteiger partial charge in [-0.05, 0) is 28.1 Å². The van der Waals surface area contributed by atoms with E-state index in [4.69, 9.17) is 0 Å². The number of nitro groups is 1. The fourth-order valence-electron chi connectivity index (χ4n) is 1.76. The van der Waals surface area contributed by atoms with Crippen molar-refractivity contribution in [2.45, 2.75) is 5.75 Å². The quantitative estimate of drug-likeness (QED) is 0.645. The van der Waals surface area contributed by atoms with E-state index >= 15 is 0 Å². The molecule has 0 aromatic heterocycles. The van der Waals surface area contributed by atoms with Crippen LogP contribution in [0.1, 0.15) is 5.56 Å². The number of anilines is 1. The van der Waals surface area contributed by atoms with E-state index in [1.165, 1.54) is 18.2 Å². The zero-order chi connectivity index (χ0) is 15.5. The molecule has 0 heterocycles. The van der Waals surface area contributed by atoms with Crippen LogP contribution in [-0.4, -0.2) is 13.3 Å². The summed E-state index contributed by atoms with van der Waals surface area (Å²) in [6, 6.07) is 12.5. The van der Waals surface area contributed by atoms with E-state index in [0.29, 0.717) is 10.2 Å². The summed E-state index contributed by atoms with van der Waals surface area (Å²) in [5.74, 6) is -0.467. The number of nitro benzene ring substituents is 1. The van der Waals surface area contributed by atoms with Crippen molar-refractivity contribution >= 4 is 37.3 Å². The number of halogens is 1. The van der Waals surface area contributed by atoms with E-state index in [0.717, 1.165) is 0 Å². The highest BCUT2D eigenvalue weighted by molar-refractivity contribution is 9.10. The molecule has 1 N–H and O–H groups in total. The second-order valence-electron chi connectivity index (χ2n) is 4.23. The lowest BCUT2D eigenvalue weighted by Gasteiger charge is -2.09. The standard InChI is InChI=1S/C13H11BrN2O4S/c14-11-6-2-3-7-12(11)15-21(19,20)9-10-5-1-4-8-13(10)16(17)18/h1-8,15H,9H2. The molecule has 0 spiro atoms. The number of nitrogens with zero attached hydrogens (tertiary/aromatic N) is 1. The van der Waals surface area contributed by atoms with Crippen molar-refractivity contribution in [1.29, 1.82) is 0 Å². The molecule has 0 aliphatic rings. The van der Waals surface area contributed by atoms with E-state index in [1.54, 1.807) is 30.3 Å². The molecule has 0 radical (unpaired) electrons. The Morgan fingerprint density at radius 2 is 1.71 bits per heavy atom. The highest BCUT2D eigenvalue weighted by Crippen LogP contribution is 2.25. The van der Waals surface area contributed by atoms with Crippen LogP contribution in [0.15, 0.2) is 53.0 Å². The molecule has 0 saturated carbocycles. The molecular formula is C13H11BrN2O4S. The van der Waals surface area contributed by atoms with E-state index in [9.17, 15) is 18.5 Å². The lowest BCUT2D eigenvalue weighted by Crippen LogP contribution is -2.16. The maximum atomic E-state index is 12.1. The van der Waals surface area contributed by atoms with Crippen molar-refractivity contribution < 1.29 is 13.3 Å². The van der Waals surface area contributed by atoms with Crippen LogP contribution in [0.25, 0.3) is 0 Å². The summed E-state index contributed by atoms with van der Waals surface area (Å²) < 4.78 is 27.3. The van der Waals surface area contributed by atoms with Crippen LogP contribution in [-0.2, 0) is 15.8 Å². The highest BCUT2D eigenvalue weighted by atomic mass is 79.9. The molecule has 2 aromatic rings. The predicted octanol–water partition coefficient (Wildman–Crippen LogP) is 3.30. The topological polar surface area (TPSA) is 89.3 Å². The molecule has 2 rings (SSSR count). The zero-order valence-corrected chi connectivity index (χ0v) is 13.1. The van der Waals surface area contributed by atoms with Crippen LogP contribution in [0.2, 0.25) is 0 Å². The van der Waals surface area contributed by atoms with Gasteiger partial charge in [-0.1, -0.05) is 30.3 Å². The lowest BCUT2D eigenvalue weighted by atomic mass is 10.2. The summed E-state index contributed by atoms with van der Waals surface area (Å²) in [6.45, 7) is 0. The maximum absolute atomic E-state index is 12.1. The minimum atomic E-state index is -3.75. The summed E-state index contributed by atoms with van der Waals surface area (Å²) in [7, 11) is -3.75. The van der Waals surface area contributed by atoms with Crippen molar-refractivity contribution in [2.75, 3.05) is 4.72 Å². The fraction of sp³-hybridized carbons (Fsp3) is 0.0769. The van der Waals surface area contributed by atoms with E-state index in [-0.39, 0.29) is 11.3 Å². The molecule has 0 aliphatic carbocycles. The van der Waals surface area contributed by atoms with Gasteiger partial charge in [-0.25, -0.2) is 8.42 Å². The van der Waals surface area contributed by atoms with Gasteiger partial charge in [0.2, 0.25) is 10.0 Å². The summed E-state index contributed by atoms with van der Waals surface area (Å²) in [6.07, 6.45) is 0. The van der Waals surface area contributed by atoms with Gasteiger partial charge < -0.3 is 0 Å². The van der Waals surface area contributed by atoms with Crippen molar-refractivity contribution in [3.05, 3.63) is 68.7 Å². The Bertz CT molecular complexity index is 777. The van der Waals surface area contributed by atoms with Gasteiger partial charge in [0.15, 0.2) is 0 Å². The number of hydrogen-bond donors (Lipinski definition) is 1. The van der Waals surface area contributed by atoms with Crippen molar-refractivity contribution in [1.82, 2.24) is 0 Å². The average molecular weight is 371 g/mol. The first-order valence-electron chi connectivity index (χ1n) is 5.86. The smallest absolute Gasteiger partial charge is 0.273 e. The SMILES string of the molecule is O=[N+]([O-])c1ccccc1CS(=O)(=O)Nc1ccccc1Br. The summed E-state index contributed by atoms with van der Waals surface area (Å²) >= 11 is 3.24. The second-order valence-corrected chi connectivity index (χ2v) is 6.80. The Morgan fingerprint density at radius 3 is 2.38 bits per heavy atom. The van der Waals surface area contributed by atoms with E-state index in [1.807, 2.05) is 0 Å². The first kappa shape index (κ1) is 15.5. The maximum Gasteiger partial charge on any atom is 0.273 e. The van der Waals surface area contributed by atoms with Gasteiger partial charge in [-0.2, -0.15) is 0 Å². The molecule has 0 amide bonds. The molecule has 0 unspecified atom stereocenters. The monoisotopic (exact) mass is 370 g/mol. The van der Waals surface area contributed by atoms with Gasteiger partial charge in [-0.3, -0.25) is 14.8 Å². The highest BCUT2D eigenvalue weighted by Gasteiger charge is 2.20. The molecule has 0 fully saturated rings.